The van der Waals surface area contributed by atoms with Crippen LogP contribution in [0.3, 0.4) is 0 Å². The van der Waals surface area contributed by atoms with Gasteiger partial charge in [0.1, 0.15) is 0 Å². The van der Waals surface area contributed by atoms with Gasteiger partial charge in [-0.2, -0.15) is 5.10 Å². The summed E-state index contributed by atoms with van der Waals surface area (Å²) in [6.07, 6.45) is 6.72. The first-order valence-electron chi connectivity index (χ1n) is 5.97. The molecule has 86 valence electrons. The Morgan fingerprint density at radius 2 is 1.67 bits per heavy atom. The van der Waals surface area contributed by atoms with Crippen LogP contribution in [0.5, 0.6) is 0 Å². The molecular weight excluding hydrogens is 184 g/mol. The molecule has 1 aromatic heterocycles. The second-order valence-corrected chi connectivity index (χ2v) is 5.40. The molecule has 0 aliphatic heterocycles. The Morgan fingerprint density at radius 1 is 1.13 bits per heavy atom. The molecule has 0 fully saturated rings. The summed E-state index contributed by atoms with van der Waals surface area (Å²) < 4.78 is 1.91. The molecule has 0 radical (unpaired) electrons. The van der Waals surface area contributed by atoms with Crippen LogP contribution < -0.4 is 0 Å². The molecule has 0 unspecified atom stereocenters. The first kappa shape index (κ1) is 12.3. The lowest BCUT2D eigenvalue weighted by Gasteiger charge is -2.19. The summed E-state index contributed by atoms with van der Waals surface area (Å²) in [6.45, 7) is 9.18. The highest BCUT2D eigenvalue weighted by Gasteiger charge is 2.16. The number of nitrogens with zero attached hydrogens (tertiary/aromatic N) is 2. The van der Waals surface area contributed by atoms with Gasteiger partial charge in [0.2, 0.25) is 0 Å². The monoisotopic (exact) mass is 208 g/mol. The Morgan fingerprint density at radius 3 is 2.00 bits per heavy atom. The molecule has 0 amide bonds. The average molecular weight is 208 g/mol. The maximum Gasteiger partial charge on any atom is 0.0524 e. The molecule has 0 spiro atoms. The third-order valence-corrected chi connectivity index (χ3v) is 2.71. The van der Waals surface area contributed by atoms with E-state index in [4.69, 9.17) is 0 Å². The number of rotatable bonds is 5. The SMILES string of the molecule is CC(C)CC(CC(C)C)c1cnn(C)c1. The van der Waals surface area contributed by atoms with E-state index in [1.165, 1.54) is 18.4 Å². The van der Waals surface area contributed by atoms with Gasteiger partial charge in [-0.25, -0.2) is 0 Å². The van der Waals surface area contributed by atoms with Crippen molar-refractivity contribution in [2.24, 2.45) is 18.9 Å². The van der Waals surface area contributed by atoms with Crippen molar-refractivity contribution in [2.75, 3.05) is 0 Å². The van der Waals surface area contributed by atoms with Gasteiger partial charge < -0.3 is 0 Å². The molecule has 0 saturated heterocycles. The topological polar surface area (TPSA) is 17.8 Å². The van der Waals surface area contributed by atoms with Crippen molar-refractivity contribution < 1.29 is 0 Å². The minimum atomic E-state index is 0.679. The summed E-state index contributed by atoms with van der Waals surface area (Å²) in [5, 5.41) is 4.27. The summed E-state index contributed by atoms with van der Waals surface area (Å²) in [5.41, 5.74) is 1.40. The summed E-state index contributed by atoms with van der Waals surface area (Å²) >= 11 is 0. The van der Waals surface area contributed by atoms with Crippen molar-refractivity contribution in [1.82, 2.24) is 9.78 Å². The van der Waals surface area contributed by atoms with E-state index >= 15 is 0 Å². The van der Waals surface area contributed by atoms with Crippen molar-refractivity contribution in [3.63, 3.8) is 0 Å². The van der Waals surface area contributed by atoms with E-state index in [1.807, 2.05) is 17.9 Å². The van der Waals surface area contributed by atoms with Gasteiger partial charge in [0.25, 0.3) is 0 Å². The van der Waals surface area contributed by atoms with Crippen LogP contribution in [-0.2, 0) is 7.05 Å². The fourth-order valence-electron chi connectivity index (χ4n) is 2.16. The molecule has 1 aromatic rings. The van der Waals surface area contributed by atoms with Crippen LogP contribution in [-0.4, -0.2) is 9.78 Å². The molecule has 0 aromatic carbocycles. The second kappa shape index (κ2) is 5.34. The van der Waals surface area contributed by atoms with Gasteiger partial charge in [0.15, 0.2) is 0 Å². The zero-order valence-electron chi connectivity index (χ0n) is 10.7. The number of aromatic nitrogens is 2. The molecule has 0 atom stereocenters. The van der Waals surface area contributed by atoms with Crippen LogP contribution in [0.15, 0.2) is 12.4 Å². The second-order valence-electron chi connectivity index (χ2n) is 5.40. The van der Waals surface area contributed by atoms with Gasteiger partial charge in [0, 0.05) is 13.2 Å². The molecule has 2 nitrogen and oxygen atoms in total. The molecule has 0 aliphatic carbocycles. The van der Waals surface area contributed by atoms with Crippen molar-refractivity contribution in [3.8, 4) is 0 Å². The summed E-state index contributed by atoms with van der Waals surface area (Å²) in [5.74, 6) is 2.20. The molecule has 2 heteroatoms. The molecular formula is C13H24N2. The minimum Gasteiger partial charge on any atom is -0.276 e. The predicted octanol–water partition coefficient (Wildman–Crippen LogP) is 3.60. The van der Waals surface area contributed by atoms with Crippen molar-refractivity contribution >= 4 is 0 Å². The Bertz CT molecular complexity index is 276. The number of hydrogen-bond donors (Lipinski definition) is 0. The van der Waals surface area contributed by atoms with E-state index in [-0.39, 0.29) is 0 Å². The van der Waals surface area contributed by atoms with E-state index in [0.717, 1.165) is 11.8 Å². The highest BCUT2D eigenvalue weighted by atomic mass is 15.2. The molecule has 0 N–H and O–H groups in total. The molecule has 15 heavy (non-hydrogen) atoms. The summed E-state index contributed by atoms with van der Waals surface area (Å²) in [4.78, 5) is 0. The fraction of sp³-hybridized carbons (Fsp3) is 0.769. The van der Waals surface area contributed by atoms with Crippen molar-refractivity contribution in [3.05, 3.63) is 18.0 Å². The summed E-state index contributed by atoms with van der Waals surface area (Å²) in [6, 6.07) is 0. The molecule has 0 bridgehead atoms. The average Bonchev–Trinajstić information content (AvgIpc) is 2.48. The Kier molecular flexibility index (Phi) is 4.37. The van der Waals surface area contributed by atoms with E-state index in [2.05, 4.69) is 39.0 Å². The number of aryl methyl sites for hydroxylation is 1. The van der Waals surface area contributed by atoms with Gasteiger partial charge in [0.05, 0.1) is 6.20 Å². The maximum atomic E-state index is 4.27. The Balaban J connectivity index is 2.71. The van der Waals surface area contributed by atoms with Crippen molar-refractivity contribution in [2.45, 2.75) is 46.5 Å². The Hall–Kier alpha value is -0.790. The van der Waals surface area contributed by atoms with E-state index in [9.17, 15) is 0 Å². The lowest BCUT2D eigenvalue weighted by molar-refractivity contribution is 0.423. The zero-order chi connectivity index (χ0) is 11.4. The fourth-order valence-corrected chi connectivity index (χ4v) is 2.16. The van der Waals surface area contributed by atoms with E-state index in [0.29, 0.717) is 5.92 Å². The highest BCUT2D eigenvalue weighted by molar-refractivity contribution is 5.11. The normalized spacial score (nSPS) is 12.0. The lowest BCUT2D eigenvalue weighted by atomic mass is 9.86. The standard InChI is InChI=1S/C13H24N2/c1-10(2)6-12(7-11(3)4)13-8-14-15(5)9-13/h8-12H,6-7H2,1-5H3. The lowest BCUT2D eigenvalue weighted by Crippen LogP contribution is -2.06. The van der Waals surface area contributed by atoms with E-state index < -0.39 is 0 Å². The molecule has 1 rings (SSSR count). The quantitative estimate of drug-likeness (QED) is 0.723. The first-order valence-corrected chi connectivity index (χ1v) is 5.97. The predicted molar refractivity (Wildman–Crippen MR) is 64.9 cm³/mol. The highest BCUT2D eigenvalue weighted by Crippen LogP contribution is 2.29. The molecule has 0 saturated carbocycles. The van der Waals surface area contributed by atoms with Crippen LogP contribution in [0.4, 0.5) is 0 Å². The Labute approximate surface area is 93.7 Å². The number of hydrogen-bond acceptors (Lipinski definition) is 1. The maximum absolute atomic E-state index is 4.27. The molecule has 1 heterocycles. The van der Waals surface area contributed by atoms with Crippen LogP contribution in [0.1, 0.15) is 52.0 Å². The third kappa shape index (κ3) is 4.06. The van der Waals surface area contributed by atoms with Crippen LogP contribution in [0.25, 0.3) is 0 Å². The smallest absolute Gasteiger partial charge is 0.0524 e. The zero-order valence-corrected chi connectivity index (χ0v) is 10.7. The van der Waals surface area contributed by atoms with Crippen LogP contribution in [0, 0.1) is 11.8 Å². The largest absolute Gasteiger partial charge is 0.276 e. The first-order chi connectivity index (χ1) is 6.99. The van der Waals surface area contributed by atoms with Gasteiger partial charge in [-0.1, -0.05) is 27.7 Å². The van der Waals surface area contributed by atoms with Gasteiger partial charge >= 0.3 is 0 Å². The van der Waals surface area contributed by atoms with Crippen LogP contribution >= 0.6 is 0 Å². The van der Waals surface area contributed by atoms with Crippen LogP contribution in [0.2, 0.25) is 0 Å². The molecule has 0 aliphatic rings. The third-order valence-electron chi connectivity index (χ3n) is 2.71. The van der Waals surface area contributed by atoms with Crippen molar-refractivity contribution in [1.29, 1.82) is 0 Å². The van der Waals surface area contributed by atoms with Gasteiger partial charge in [-0.15, -0.1) is 0 Å². The summed E-state index contributed by atoms with van der Waals surface area (Å²) in [7, 11) is 1.99. The minimum absolute atomic E-state index is 0.679. The van der Waals surface area contributed by atoms with Gasteiger partial charge in [-0.3, -0.25) is 4.68 Å². The van der Waals surface area contributed by atoms with E-state index in [1.54, 1.807) is 0 Å². The van der Waals surface area contributed by atoms with Gasteiger partial charge in [-0.05, 0) is 36.2 Å².